The van der Waals surface area contributed by atoms with Gasteiger partial charge in [-0.15, -0.1) is 0 Å². The van der Waals surface area contributed by atoms with Crippen LogP contribution in [0.4, 0.5) is 0 Å². The normalized spacial score (nSPS) is 16.1. The van der Waals surface area contributed by atoms with Gasteiger partial charge in [0.1, 0.15) is 66.8 Å². The highest BCUT2D eigenvalue weighted by Gasteiger charge is 2.29. The summed E-state index contributed by atoms with van der Waals surface area (Å²) in [4.78, 5) is 43.1. The number of hydrogen-bond donors (Lipinski definition) is 25. The van der Waals surface area contributed by atoms with E-state index in [2.05, 4.69) is 0 Å². The molecule has 1 unspecified atom stereocenters. The zero-order valence-corrected chi connectivity index (χ0v) is 34.6. The monoisotopic (exact) mass is 958 g/mol. The summed E-state index contributed by atoms with van der Waals surface area (Å²) in [5, 5.41) is 161. The number of aliphatic hydroxyl groups excluding tert-OH is 19. The van der Waals surface area contributed by atoms with Crippen LogP contribution in [0.2, 0.25) is 0 Å². The summed E-state index contributed by atoms with van der Waals surface area (Å²) in [5.41, 5.74) is 0.733. The highest BCUT2D eigenvalue weighted by atomic mass is 31.2. The van der Waals surface area contributed by atoms with E-state index in [0.717, 1.165) is 5.56 Å². The molecule has 0 heterocycles. The van der Waals surface area contributed by atoms with Crippen LogP contribution < -0.4 is 4.74 Å². The van der Waals surface area contributed by atoms with Crippen LogP contribution in [0.5, 0.6) is 5.75 Å². The Morgan fingerprint density at radius 2 is 0.548 bits per heavy atom. The van der Waals surface area contributed by atoms with Crippen LogP contribution in [0.1, 0.15) is 11.7 Å². The Morgan fingerprint density at radius 1 is 0.355 bits per heavy atom. The van der Waals surface area contributed by atoms with Crippen LogP contribution in [-0.2, 0) is 9.13 Å². The molecule has 0 aliphatic carbocycles. The van der Waals surface area contributed by atoms with E-state index in [9.17, 15) is 10.2 Å². The van der Waals surface area contributed by atoms with Crippen molar-refractivity contribution in [1.29, 1.82) is 0 Å². The Bertz CT molecular complexity index is 1200. The molecule has 62 heavy (non-hydrogen) atoms. The van der Waals surface area contributed by atoms with Crippen molar-refractivity contribution in [2.24, 2.45) is 0 Å². The number of rotatable bonds is 18. The van der Waals surface area contributed by atoms with Gasteiger partial charge in [-0.3, -0.25) is 0 Å². The van der Waals surface area contributed by atoms with E-state index in [4.69, 9.17) is 130 Å². The average molecular weight is 959 g/mol. The molecule has 0 saturated heterocycles. The molecule has 0 bridgehead atoms. The molecule has 28 nitrogen and oxygen atoms in total. The topological polar surface area (TPSA) is 549 Å². The molecule has 0 amide bonds. The van der Waals surface area contributed by atoms with Gasteiger partial charge in [-0.05, 0) is 17.7 Å². The lowest BCUT2D eigenvalue weighted by Gasteiger charge is -2.27. The second kappa shape index (κ2) is 41.4. The molecular weight excluding hydrogens is 894 g/mol. The molecule has 2 aromatic rings. The first-order valence-electron chi connectivity index (χ1n) is 17.2. The van der Waals surface area contributed by atoms with Gasteiger partial charge in [-0.1, -0.05) is 48.5 Å². The Kier molecular flexibility index (Phi) is 45.9. The van der Waals surface area contributed by atoms with Crippen LogP contribution in [0.25, 0.3) is 0 Å². The first-order chi connectivity index (χ1) is 28.6. The van der Waals surface area contributed by atoms with Crippen LogP contribution in [-0.4, -0.2) is 247 Å². The van der Waals surface area contributed by atoms with E-state index in [-0.39, 0.29) is 0 Å². The van der Waals surface area contributed by atoms with Gasteiger partial charge >= 0.3 is 15.6 Å². The summed E-state index contributed by atoms with van der Waals surface area (Å²) >= 11 is 0. The standard InChI is InChI=1S/C16H18O4.4C4H10O4.2H3O4P/c17-11-14(18)15(19)16(12-7-3-1-4-8-12)20-13-9-5-2-6-10-13;4*5-1-3(7)4(8)2-6;2*1-5(2,3)4/h1-10,14-19H,11H2;4*3-8H,1-2H2;2*(H3,1,2,3,4)/t14-,15-,16?;4*3-,4+;;/m1....../s1. The Labute approximate surface area is 354 Å². The third kappa shape index (κ3) is 45.7. The first-order valence-corrected chi connectivity index (χ1v) is 20.3. The molecule has 2 aromatic carbocycles. The molecule has 0 fully saturated rings. The van der Waals surface area contributed by atoms with E-state index in [1.54, 1.807) is 24.3 Å². The number of phosphoric acid groups is 2. The highest BCUT2D eigenvalue weighted by molar-refractivity contribution is 7.45. The maximum Gasteiger partial charge on any atom is 0.466 e. The lowest BCUT2D eigenvalue weighted by Crippen LogP contribution is -2.37. The summed E-state index contributed by atoms with van der Waals surface area (Å²) in [5.74, 6) is 0.588. The fraction of sp³-hybridized carbons (Fsp3) is 0.625. The number of para-hydroxylation sites is 1. The molecule has 0 spiro atoms. The molecule has 0 aliphatic heterocycles. The fourth-order valence-electron chi connectivity index (χ4n) is 2.91. The summed E-state index contributed by atoms with van der Waals surface area (Å²) in [6.07, 6.45) is -13.0. The first kappa shape index (κ1) is 68.8. The quantitative estimate of drug-likeness (QED) is 0.0617. The Balaban J connectivity index is -0.000000220. The third-order valence-corrected chi connectivity index (χ3v) is 6.30. The lowest BCUT2D eigenvalue weighted by molar-refractivity contribution is -0.0690. The van der Waals surface area contributed by atoms with Gasteiger partial charge in [-0.2, -0.15) is 0 Å². The van der Waals surface area contributed by atoms with Crippen LogP contribution >= 0.6 is 15.6 Å². The minimum Gasteiger partial charge on any atom is -0.483 e. The highest BCUT2D eigenvalue weighted by Crippen LogP contribution is 2.27. The maximum absolute atomic E-state index is 10.2. The summed E-state index contributed by atoms with van der Waals surface area (Å²) in [6, 6.07) is 18.2. The van der Waals surface area contributed by atoms with Gasteiger partial charge in [0.05, 0.1) is 59.5 Å². The summed E-state index contributed by atoms with van der Waals surface area (Å²) < 4.78 is 23.5. The van der Waals surface area contributed by atoms with Gasteiger partial charge in [0.25, 0.3) is 0 Å². The average Bonchev–Trinajstić information content (AvgIpc) is 3.25. The van der Waals surface area contributed by atoms with Gasteiger partial charge in [0.15, 0.2) is 6.10 Å². The van der Waals surface area contributed by atoms with Gasteiger partial charge < -0.3 is 131 Å². The Hall–Kier alpha value is -2.30. The molecule has 25 N–H and O–H groups in total. The van der Waals surface area contributed by atoms with E-state index < -0.39 is 142 Å². The minimum absolute atomic E-state index is 0.525. The van der Waals surface area contributed by atoms with Crippen molar-refractivity contribution in [2.45, 2.75) is 67.1 Å². The number of ether oxygens (including phenoxy) is 1. The lowest BCUT2D eigenvalue weighted by atomic mass is 10.0. The van der Waals surface area contributed by atoms with Crippen LogP contribution in [0.3, 0.4) is 0 Å². The zero-order valence-electron chi connectivity index (χ0n) is 32.8. The molecule has 11 atom stereocenters. The van der Waals surface area contributed by atoms with Crippen molar-refractivity contribution in [3.8, 4) is 5.75 Å². The van der Waals surface area contributed by atoms with Crippen LogP contribution in [0.15, 0.2) is 60.7 Å². The smallest absolute Gasteiger partial charge is 0.466 e. The van der Waals surface area contributed by atoms with Crippen molar-refractivity contribution in [1.82, 2.24) is 0 Å². The molecule has 0 saturated carbocycles. The van der Waals surface area contributed by atoms with Crippen molar-refractivity contribution >= 4 is 15.6 Å². The van der Waals surface area contributed by atoms with Gasteiger partial charge in [0, 0.05) is 0 Å². The molecule has 0 aliphatic rings. The zero-order chi connectivity index (χ0) is 49.6. The predicted octanol–water partition coefficient (Wildman–Crippen LogP) is -9.57. The molecule has 0 aromatic heterocycles. The molecule has 0 radical (unpaired) electrons. The van der Waals surface area contributed by atoms with Gasteiger partial charge in [0.2, 0.25) is 0 Å². The maximum atomic E-state index is 10.2. The van der Waals surface area contributed by atoms with Gasteiger partial charge in [-0.25, -0.2) is 9.13 Å². The SMILES string of the molecule is O=P(O)(O)O.O=P(O)(O)O.OC[C@@H](O)[C@@H](O)C(Oc1ccccc1)c1ccccc1.OC[C@@H](O)[C@@H](O)CO.OC[C@@H](O)[C@@H](O)CO.OC[C@@H](O)[C@@H](O)CO.OC[C@@H](O)[C@@H](O)CO. The second-order valence-corrected chi connectivity index (χ2v) is 13.6. The fourth-order valence-corrected chi connectivity index (χ4v) is 2.91. The van der Waals surface area contributed by atoms with Crippen molar-refractivity contribution in [2.75, 3.05) is 59.5 Å². The van der Waals surface area contributed by atoms with Crippen LogP contribution in [0, 0.1) is 0 Å². The number of benzene rings is 2. The van der Waals surface area contributed by atoms with E-state index in [1.807, 2.05) is 36.4 Å². The predicted molar refractivity (Wildman–Crippen MR) is 209 cm³/mol. The molecular formula is C32H64O28P2. The molecule has 2 rings (SSSR count). The minimum atomic E-state index is -4.64. The number of hydrogen-bond acceptors (Lipinski definition) is 22. The molecule has 370 valence electrons. The largest absolute Gasteiger partial charge is 0.483 e. The van der Waals surface area contributed by atoms with Crippen molar-refractivity contribution in [3.63, 3.8) is 0 Å². The van der Waals surface area contributed by atoms with E-state index in [1.165, 1.54) is 0 Å². The second-order valence-electron chi connectivity index (χ2n) is 11.5. The van der Waals surface area contributed by atoms with Crippen molar-refractivity contribution in [3.05, 3.63) is 66.2 Å². The van der Waals surface area contributed by atoms with E-state index in [0.29, 0.717) is 5.75 Å². The summed E-state index contributed by atoms with van der Waals surface area (Å²) in [7, 11) is -9.28. The van der Waals surface area contributed by atoms with E-state index >= 15 is 0 Å². The molecule has 30 heteroatoms. The summed E-state index contributed by atoms with van der Waals surface area (Å²) in [6.45, 7) is -4.73. The van der Waals surface area contributed by atoms with Crippen molar-refractivity contribution < 1.29 is 140 Å². The third-order valence-electron chi connectivity index (χ3n) is 6.30. The number of aliphatic hydroxyl groups is 19. The Morgan fingerprint density at radius 3 is 0.742 bits per heavy atom.